The third-order valence-corrected chi connectivity index (χ3v) is 2.77. The van der Waals surface area contributed by atoms with E-state index in [4.69, 9.17) is 0 Å². The maximum atomic E-state index is 4.24. The van der Waals surface area contributed by atoms with E-state index < -0.39 is 0 Å². The van der Waals surface area contributed by atoms with Gasteiger partial charge in [-0.2, -0.15) is 0 Å². The normalized spacial score (nSPS) is 9.90. The fourth-order valence-corrected chi connectivity index (χ4v) is 1.34. The van der Waals surface area contributed by atoms with E-state index in [0.29, 0.717) is 0 Å². The van der Waals surface area contributed by atoms with E-state index in [-0.39, 0.29) is 0 Å². The van der Waals surface area contributed by atoms with Gasteiger partial charge in [-0.05, 0) is 40.0 Å². The highest BCUT2D eigenvalue weighted by Crippen LogP contribution is 2.21. The Kier molecular flexibility index (Phi) is 2.81. The first kappa shape index (κ1) is 8.15. The standard InChI is InChI=1S/C8H9BrS/c1-2-6-3-4-8(10)7(9)5-6/h3-5,10H,2H2,1H3. The number of hydrogen-bond donors (Lipinski definition) is 1. The molecule has 0 atom stereocenters. The molecule has 10 heavy (non-hydrogen) atoms. The summed E-state index contributed by atoms with van der Waals surface area (Å²) in [5, 5.41) is 0. The Morgan fingerprint density at radius 2 is 2.20 bits per heavy atom. The molecule has 0 amide bonds. The van der Waals surface area contributed by atoms with Crippen LogP contribution in [0.4, 0.5) is 0 Å². The number of hydrogen-bond acceptors (Lipinski definition) is 1. The Morgan fingerprint density at radius 1 is 1.50 bits per heavy atom. The molecule has 0 unspecified atom stereocenters. The van der Waals surface area contributed by atoms with Gasteiger partial charge in [0.1, 0.15) is 0 Å². The number of rotatable bonds is 1. The van der Waals surface area contributed by atoms with E-state index in [1.807, 2.05) is 6.07 Å². The lowest BCUT2D eigenvalue weighted by molar-refractivity contribution is 1.12. The molecule has 1 rings (SSSR count). The third-order valence-electron chi connectivity index (χ3n) is 1.42. The van der Waals surface area contributed by atoms with Crippen molar-refractivity contribution in [2.45, 2.75) is 18.2 Å². The minimum absolute atomic E-state index is 0.997. The minimum atomic E-state index is 0.997. The molecule has 0 fully saturated rings. The average molecular weight is 217 g/mol. The molecule has 0 saturated carbocycles. The van der Waals surface area contributed by atoms with Crippen LogP contribution in [0, 0.1) is 0 Å². The molecule has 0 nitrogen and oxygen atoms in total. The molecule has 0 aliphatic heterocycles. The van der Waals surface area contributed by atoms with Crippen molar-refractivity contribution in [1.29, 1.82) is 0 Å². The zero-order valence-corrected chi connectivity index (χ0v) is 8.24. The Balaban J connectivity index is 3.04. The van der Waals surface area contributed by atoms with Crippen LogP contribution in [0.3, 0.4) is 0 Å². The van der Waals surface area contributed by atoms with Gasteiger partial charge in [0.05, 0.1) is 0 Å². The van der Waals surface area contributed by atoms with Crippen LogP contribution < -0.4 is 0 Å². The monoisotopic (exact) mass is 216 g/mol. The van der Waals surface area contributed by atoms with Crippen molar-refractivity contribution >= 4 is 28.6 Å². The maximum absolute atomic E-state index is 4.24. The topological polar surface area (TPSA) is 0 Å². The third kappa shape index (κ3) is 1.77. The molecular formula is C8H9BrS. The number of benzene rings is 1. The van der Waals surface area contributed by atoms with Gasteiger partial charge in [-0.25, -0.2) is 0 Å². The summed E-state index contributed by atoms with van der Waals surface area (Å²) in [4.78, 5) is 0.997. The number of aryl methyl sites for hydroxylation is 1. The van der Waals surface area contributed by atoms with E-state index >= 15 is 0 Å². The van der Waals surface area contributed by atoms with Crippen LogP contribution in [-0.4, -0.2) is 0 Å². The zero-order chi connectivity index (χ0) is 7.56. The first-order valence-electron chi connectivity index (χ1n) is 3.21. The lowest BCUT2D eigenvalue weighted by atomic mass is 10.2. The van der Waals surface area contributed by atoms with Gasteiger partial charge in [0.15, 0.2) is 0 Å². The fourth-order valence-electron chi connectivity index (χ4n) is 0.770. The lowest BCUT2D eigenvalue weighted by Crippen LogP contribution is -1.79. The van der Waals surface area contributed by atoms with Crippen molar-refractivity contribution in [3.05, 3.63) is 28.2 Å². The summed E-state index contributed by atoms with van der Waals surface area (Å²) in [6, 6.07) is 6.20. The number of thiol groups is 1. The molecule has 0 heterocycles. The molecule has 0 N–H and O–H groups in total. The van der Waals surface area contributed by atoms with Gasteiger partial charge in [-0.15, -0.1) is 12.6 Å². The first-order valence-corrected chi connectivity index (χ1v) is 4.45. The van der Waals surface area contributed by atoms with Gasteiger partial charge in [0.25, 0.3) is 0 Å². The second-order valence-corrected chi connectivity index (χ2v) is 3.48. The van der Waals surface area contributed by atoms with Crippen molar-refractivity contribution in [2.75, 3.05) is 0 Å². The van der Waals surface area contributed by atoms with Gasteiger partial charge in [0.2, 0.25) is 0 Å². The van der Waals surface area contributed by atoms with Crippen molar-refractivity contribution in [1.82, 2.24) is 0 Å². The molecule has 0 bridgehead atoms. The van der Waals surface area contributed by atoms with Gasteiger partial charge >= 0.3 is 0 Å². The fraction of sp³-hybridized carbons (Fsp3) is 0.250. The van der Waals surface area contributed by atoms with E-state index in [0.717, 1.165) is 15.8 Å². The Morgan fingerprint density at radius 3 is 2.70 bits per heavy atom. The average Bonchev–Trinajstić information content (AvgIpc) is 1.95. The minimum Gasteiger partial charge on any atom is -0.142 e. The van der Waals surface area contributed by atoms with Crippen LogP contribution in [0.25, 0.3) is 0 Å². The SMILES string of the molecule is CCc1ccc(S)c(Br)c1. The Hall–Kier alpha value is 0.0500. The number of halogens is 1. The molecule has 0 aliphatic carbocycles. The summed E-state index contributed by atoms with van der Waals surface area (Å²) in [5.74, 6) is 0. The Labute approximate surface area is 75.2 Å². The highest BCUT2D eigenvalue weighted by molar-refractivity contribution is 9.10. The van der Waals surface area contributed by atoms with Crippen molar-refractivity contribution in [3.8, 4) is 0 Å². The zero-order valence-electron chi connectivity index (χ0n) is 5.76. The van der Waals surface area contributed by atoms with Crippen molar-refractivity contribution in [3.63, 3.8) is 0 Å². The van der Waals surface area contributed by atoms with E-state index in [1.165, 1.54) is 5.56 Å². The van der Waals surface area contributed by atoms with Crippen LogP contribution in [0.15, 0.2) is 27.6 Å². The molecule has 1 aromatic rings. The maximum Gasteiger partial charge on any atom is 0.0311 e. The first-order chi connectivity index (χ1) is 4.74. The molecule has 0 spiro atoms. The smallest absolute Gasteiger partial charge is 0.0311 e. The molecule has 0 radical (unpaired) electrons. The largest absolute Gasteiger partial charge is 0.142 e. The molecule has 0 saturated heterocycles. The summed E-state index contributed by atoms with van der Waals surface area (Å²) in [6.45, 7) is 2.14. The molecule has 54 valence electrons. The predicted octanol–water partition coefficient (Wildman–Crippen LogP) is 3.30. The molecule has 2 heteroatoms. The summed E-state index contributed by atoms with van der Waals surface area (Å²) in [6.07, 6.45) is 1.08. The molecule has 1 aromatic carbocycles. The van der Waals surface area contributed by atoms with Crippen molar-refractivity contribution in [2.24, 2.45) is 0 Å². The van der Waals surface area contributed by atoms with Crippen molar-refractivity contribution < 1.29 is 0 Å². The van der Waals surface area contributed by atoms with Gasteiger partial charge in [-0.3, -0.25) is 0 Å². The second kappa shape index (κ2) is 3.44. The Bertz CT molecular complexity index is 233. The predicted molar refractivity (Wildman–Crippen MR) is 50.8 cm³/mol. The van der Waals surface area contributed by atoms with E-state index in [1.54, 1.807) is 0 Å². The summed E-state index contributed by atoms with van der Waals surface area (Å²) < 4.78 is 1.08. The quantitative estimate of drug-likeness (QED) is 0.685. The second-order valence-electron chi connectivity index (χ2n) is 2.14. The highest BCUT2D eigenvalue weighted by atomic mass is 79.9. The molecule has 0 aliphatic rings. The van der Waals surface area contributed by atoms with E-state index in [2.05, 4.69) is 47.6 Å². The lowest BCUT2D eigenvalue weighted by Gasteiger charge is -1.98. The van der Waals surface area contributed by atoms with Gasteiger partial charge < -0.3 is 0 Å². The molecular weight excluding hydrogens is 208 g/mol. The van der Waals surface area contributed by atoms with Crippen LogP contribution in [-0.2, 0) is 6.42 Å². The van der Waals surface area contributed by atoms with Gasteiger partial charge in [-0.1, -0.05) is 13.0 Å². The summed E-state index contributed by atoms with van der Waals surface area (Å²) in [7, 11) is 0. The molecule has 0 aromatic heterocycles. The summed E-state index contributed by atoms with van der Waals surface area (Å²) >= 11 is 7.65. The van der Waals surface area contributed by atoms with Crippen LogP contribution >= 0.6 is 28.6 Å². The summed E-state index contributed by atoms with van der Waals surface area (Å²) in [5.41, 5.74) is 1.34. The van der Waals surface area contributed by atoms with Crippen LogP contribution in [0.2, 0.25) is 0 Å². The van der Waals surface area contributed by atoms with Crippen LogP contribution in [0.1, 0.15) is 12.5 Å². The van der Waals surface area contributed by atoms with Gasteiger partial charge in [0, 0.05) is 9.37 Å². The van der Waals surface area contributed by atoms with Crippen LogP contribution in [0.5, 0.6) is 0 Å². The highest BCUT2D eigenvalue weighted by Gasteiger charge is 1.94. The van der Waals surface area contributed by atoms with E-state index in [9.17, 15) is 0 Å².